The average molecular weight is 383 g/mol. The first-order chi connectivity index (χ1) is 13.5. The van der Waals surface area contributed by atoms with E-state index in [1.807, 2.05) is 0 Å². The number of hydrogen-bond acceptors (Lipinski definition) is 6. The van der Waals surface area contributed by atoms with E-state index in [0.29, 0.717) is 48.9 Å². The SMILES string of the molecule is CC(=O)c1ccc(OC(=O)COc2ccc(C(=O)N3CCOCC3)cc2)cc1. The van der Waals surface area contributed by atoms with Crippen molar-refractivity contribution in [1.29, 1.82) is 0 Å². The van der Waals surface area contributed by atoms with Gasteiger partial charge in [-0.05, 0) is 55.5 Å². The van der Waals surface area contributed by atoms with Crippen LogP contribution in [0.3, 0.4) is 0 Å². The maximum Gasteiger partial charge on any atom is 0.349 e. The number of carbonyl (C=O) groups excluding carboxylic acids is 3. The number of amides is 1. The van der Waals surface area contributed by atoms with Gasteiger partial charge >= 0.3 is 5.97 Å². The molecule has 2 aromatic rings. The Morgan fingerprint density at radius 1 is 0.893 bits per heavy atom. The Labute approximate surface area is 162 Å². The van der Waals surface area contributed by atoms with Crippen molar-refractivity contribution in [3.8, 4) is 11.5 Å². The Hall–Kier alpha value is -3.19. The second kappa shape index (κ2) is 9.14. The largest absolute Gasteiger partial charge is 0.482 e. The van der Waals surface area contributed by atoms with Crippen LogP contribution in [0.15, 0.2) is 48.5 Å². The molecule has 0 saturated carbocycles. The lowest BCUT2D eigenvalue weighted by Gasteiger charge is -2.26. The molecule has 0 bridgehead atoms. The second-order valence-electron chi connectivity index (χ2n) is 6.27. The van der Waals surface area contributed by atoms with E-state index in [9.17, 15) is 14.4 Å². The first-order valence-corrected chi connectivity index (χ1v) is 8.94. The molecular formula is C21H21NO6. The maximum absolute atomic E-state index is 12.4. The summed E-state index contributed by atoms with van der Waals surface area (Å²) in [5.41, 5.74) is 1.10. The average Bonchev–Trinajstić information content (AvgIpc) is 2.73. The number of rotatable bonds is 6. The summed E-state index contributed by atoms with van der Waals surface area (Å²) in [7, 11) is 0. The molecule has 1 fully saturated rings. The number of ketones is 1. The Morgan fingerprint density at radius 3 is 2.07 bits per heavy atom. The lowest BCUT2D eigenvalue weighted by molar-refractivity contribution is -0.136. The number of ether oxygens (including phenoxy) is 3. The van der Waals surface area contributed by atoms with Crippen LogP contribution in [-0.2, 0) is 9.53 Å². The minimum Gasteiger partial charge on any atom is -0.482 e. The zero-order valence-corrected chi connectivity index (χ0v) is 15.6. The van der Waals surface area contributed by atoms with Gasteiger partial charge < -0.3 is 19.1 Å². The third-order valence-corrected chi connectivity index (χ3v) is 4.25. The van der Waals surface area contributed by atoms with Crippen molar-refractivity contribution in [2.75, 3.05) is 32.9 Å². The summed E-state index contributed by atoms with van der Waals surface area (Å²) in [5.74, 6) is 0.122. The monoisotopic (exact) mass is 383 g/mol. The van der Waals surface area contributed by atoms with Crippen molar-refractivity contribution >= 4 is 17.7 Å². The van der Waals surface area contributed by atoms with Crippen LogP contribution in [0.25, 0.3) is 0 Å². The molecule has 1 heterocycles. The fourth-order valence-corrected chi connectivity index (χ4v) is 2.70. The fraction of sp³-hybridized carbons (Fsp3) is 0.286. The van der Waals surface area contributed by atoms with Gasteiger partial charge in [0, 0.05) is 24.2 Å². The molecule has 146 valence electrons. The normalized spacial score (nSPS) is 13.7. The van der Waals surface area contributed by atoms with Crippen molar-refractivity contribution < 1.29 is 28.6 Å². The number of hydrogen-bond donors (Lipinski definition) is 0. The van der Waals surface area contributed by atoms with Crippen LogP contribution >= 0.6 is 0 Å². The van der Waals surface area contributed by atoms with Gasteiger partial charge in [-0.15, -0.1) is 0 Å². The Morgan fingerprint density at radius 2 is 1.46 bits per heavy atom. The predicted octanol–water partition coefficient (Wildman–Crippen LogP) is 2.35. The van der Waals surface area contributed by atoms with E-state index < -0.39 is 5.97 Å². The predicted molar refractivity (Wildman–Crippen MR) is 101 cm³/mol. The number of benzene rings is 2. The molecule has 7 nitrogen and oxygen atoms in total. The topological polar surface area (TPSA) is 82.1 Å². The molecule has 0 unspecified atom stereocenters. The van der Waals surface area contributed by atoms with Gasteiger partial charge in [-0.2, -0.15) is 0 Å². The summed E-state index contributed by atoms with van der Waals surface area (Å²) >= 11 is 0. The van der Waals surface area contributed by atoms with E-state index in [0.717, 1.165) is 0 Å². The summed E-state index contributed by atoms with van der Waals surface area (Å²) in [5, 5.41) is 0. The third kappa shape index (κ3) is 5.17. The third-order valence-electron chi connectivity index (χ3n) is 4.25. The summed E-state index contributed by atoms with van der Waals surface area (Å²) < 4.78 is 15.8. The standard InChI is InChI=1S/C21H21NO6/c1-15(23)16-2-8-19(9-3-16)28-20(24)14-27-18-6-4-17(5-7-18)21(25)22-10-12-26-13-11-22/h2-9H,10-14H2,1H3. The molecular weight excluding hydrogens is 362 g/mol. The van der Waals surface area contributed by atoms with E-state index in [2.05, 4.69) is 0 Å². The molecule has 0 aromatic heterocycles. The zero-order valence-electron chi connectivity index (χ0n) is 15.6. The van der Waals surface area contributed by atoms with Gasteiger partial charge in [0.15, 0.2) is 12.4 Å². The Bertz CT molecular complexity index is 838. The first-order valence-electron chi connectivity index (χ1n) is 8.94. The smallest absolute Gasteiger partial charge is 0.349 e. The highest BCUT2D eigenvalue weighted by atomic mass is 16.6. The van der Waals surface area contributed by atoms with E-state index >= 15 is 0 Å². The molecule has 2 aromatic carbocycles. The van der Waals surface area contributed by atoms with Crippen LogP contribution in [0.5, 0.6) is 11.5 Å². The number of nitrogens with zero attached hydrogens (tertiary/aromatic N) is 1. The Kier molecular flexibility index (Phi) is 6.39. The minimum absolute atomic E-state index is 0.0525. The van der Waals surface area contributed by atoms with Gasteiger partial charge in [-0.25, -0.2) is 4.79 Å². The van der Waals surface area contributed by atoms with Crippen molar-refractivity contribution in [2.45, 2.75) is 6.92 Å². The second-order valence-corrected chi connectivity index (χ2v) is 6.27. The van der Waals surface area contributed by atoms with Crippen LogP contribution in [0.2, 0.25) is 0 Å². The number of morpholine rings is 1. The lowest BCUT2D eigenvalue weighted by atomic mass is 10.1. The summed E-state index contributed by atoms with van der Waals surface area (Å²) in [6.07, 6.45) is 0. The quantitative estimate of drug-likeness (QED) is 0.433. The van der Waals surface area contributed by atoms with Gasteiger partial charge in [0.25, 0.3) is 5.91 Å². The molecule has 7 heteroatoms. The zero-order chi connectivity index (χ0) is 19.9. The van der Waals surface area contributed by atoms with E-state index in [1.165, 1.54) is 6.92 Å². The summed E-state index contributed by atoms with van der Waals surface area (Å²) in [6, 6.07) is 12.9. The van der Waals surface area contributed by atoms with Crippen molar-refractivity contribution in [1.82, 2.24) is 4.90 Å². The van der Waals surface area contributed by atoms with Gasteiger partial charge in [0.2, 0.25) is 0 Å². The molecule has 0 radical (unpaired) electrons. The van der Waals surface area contributed by atoms with E-state index in [-0.39, 0.29) is 18.3 Å². The molecule has 1 aliphatic heterocycles. The molecule has 0 aliphatic carbocycles. The van der Waals surface area contributed by atoms with Gasteiger partial charge in [-0.1, -0.05) is 0 Å². The highest BCUT2D eigenvalue weighted by molar-refractivity contribution is 5.94. The van der Waals surface area contributed by atoms with Crippen LogP contribution in [0.4, 0.5) is 0 Å². The van der Waals surface area contributed by atoms with Gasteiger partial charge in [0.05, 0.1) is 13.2 Å². The van der Waals surface area contributed by atoms with Crippen LogP contribution in [0, 0.1) is 0 Å². The highest BCUT2D eigenvalue weighted by Gasteiger charge is 2.18. The Balaban J connectivity index is 1.49. The molecule has 1 aliphatic rings. The van der Waals surface area contributed by atoms with Crippen LogP contribution in [0.1, 0.15) is 27.6 Å². The number of esters is 1. The highest BCUT2D eigenvalue weighted by Crippen LogP contribution is 2.16. The van der Waals surface area contributed by atoms with Gasteiger partial charge in [-0.3, -0.25) is 9.59 Å². The molecule has 0 spiro atoms. The fourth-order valence-electron chi connectivity index (χ4n) is 2.70. The molecule has 0 N–H and O–H groups in total. The van der Waals surface area contributed by atoms with Crippen molar-refractivity contribution in [3.05, 3.63) is 59.7 Å². The van der Waals surface area contributed by atoms with E-state index in [1.54, 1.807) is 53.4 Å². The maximum atomic E-state index is 12.4. The molecule has 1 saturated heterocycles. The number of carbonyl (C=O) groups is 3. The summed E-state index contributed by atoms with van der Waals surface area (Å²) in [6.45, 7) is 3.45. The molecule has 0 atom stereocenters. The molecule has 1 amide bonds. The number of Topliss-reactive ketones (excluding diaryl/α,β-unsaturated/α-hetero) is 1. The summed E-state index contributed by atoms with van der Waals surface area (Å²) in [4.78, 5) is 37.3. The first kappa shape index (κ1) is 19.6. The van der Waals surface area contributed by atoms with Crippen molar-refractivity contribution in [3.63, 3.8) is 0 Å². The minimum atomic E-state index is -0.566. The van der Waals surface area contributed by atoms with Crippen LogP contribution < -0.4 is 9.47 Å². The van der Waals surface area contributed by atoms with Crippen molar-refractivity contribution in [2.24, 2.45) is 0 Å². The molecule has 3 rings (SSSR count). The van der Waals surface area contributed by atoms with Gasteiger partial charge in [0.1, 0.15) is 11.5 Å². The lowest BCUT2D eigenvalue weighted by Crippen LogP contribution is -2.40. The van der Waals surface area contributed by atoms with Crippen LogP contribution in [-0.4, -0.2) is 55.5 Å². The molecule has 28 heavy (non-hydrogen) atoms. The van der Waals surface area contributed by atoms with E-state index in [4.69, 9.17) is 14.2 Å².